The van der Waals surface area contributed by atoms with E-state index in [0.29, 0.717) is 25.1 Å². The number of halogens is 1. The predicted octanol–water partition coefficient (Wildman–Crippen LogP) is 3.20. The fourth-order valence-corrected chi connectivity index (χ4v) is 4.42. The maximum absolute atomic E-state index is 13.6. The first-order valence-electron chi connectivity index (χ1n) is 12.0. The molecule has 0 spiro atoms. The van der Waals surface area contributed by atoms with E-state index in [-0.39, 0.29) is 30.4 Å². The normalized spacial score (nSPS) is 17.0. The van der Waals surface area contributed by atoms with Crippen molar-refractivity contribution in [2.75, 3.05) is 6.54 Å². The highest BCUT2D eigenvalue weighted by molar-refractivity contribution is 6.07. The Morgan fingerprint density at radius 2 is 1.81 bits per heavy atom. The number of benzene rings is 2. The maximum Gasteiger partial charge on any atom is 0.273 e. The summed E-state index contributed by atoms with van der Waals surface area (Å²) in [6.07, 6.45) is 2.06. The third-order valence-electron chi connectivity index (χ3n) is 6.43. The van der Waals surface area contributed by atoms with Gasteiger partial charge in [-0.25, -0.2) is 9.37 Å². The number of hydrogen-bond donors (Lipinski definition) is 2. The quantitative estimate of drug-likeness (QED) is 0.506. The third kappa shape index (κ3) is 5.00. The standard InChI is InChI=1S/C27H30FN5O3/c1-4-12-33-25(35)23-22(24(34)29-15-20-6-5-7-21(28)13-20)31-17-32(23)16-27(33,3)26(36)30-14-19-10-8-18(2)9-11-19/h5-11,13,17H,4,12,14-16H2,1-3H3,(H,29,34)(H,30,36). The summed E-state index contributed by atoms with van der Waals surface area (Å²) >= 11 is 0. The first-order chi connectivity index (χ1) is 17.2. The van der Waals surface area contributed by atoms with Crippen molar-refractivity contribution in [1.82, 2.24) is 25.1 Å². The van der Waals surface area contributed by atoms with E-state index >= 15 is 0 Å². The minimum Gasteiger partial charge on any atom is -0.350 e. The first kappa shape index (κ1) is 25.1. The summed E-state index contributed by atoms with van der Waals surface area (Å²) in [7, 11) is 0. The van der Waals surface area contributed by atoms with Crippen molar-refractivity contribution in [3.8, 4) is 0 Å². The van der Waals surface area contributed by atoms with Crippen LogP contribution >= 0.6 is 0 Å². The minimum absolute atomic E-state index is 0.0142. The highest BCUT2D eigenvalue weighted by Crippen LogP contribution is 2.29. The Morgan fingerprint density at radius 1 is 1.08 bits per heavy atom. The van der Waals surface area contributed by atoms with Crippen molar-refractivity contribution in [2.24, 2.45) is 0 Å². The Morgan fingerprint density at radius 3 is 2.50 bits per heavy atom. The van der Waals surface area contributed by atoms with Gasteiger partial charge in [0.1, 0.15) is 17.1 Å². The fourth-order valence-electron chi connectivity index (χ4n) is 4.42. The van der Waals surface area contributed by atoms with Gasteiger partial charge in [-0.1, -0.05) is 48.9 Å². The minimum atomic E-state index is -1.15. The fraction of sp³-hybridized carbons (Fsp3) is 0.333. The largest absolute Gasteiger partial charge is 0.350 e. The Bertz CT molecular complexity index is 1290. The molecule has 0 radical (unpaired) electrons. The van der Waals surface area contributed by atoms with Crippen LogP contribution in [-0.2, 0) is 24.4 Å². The van der Waals surface area contributed by atoms with Crippen molar-refractivity contribution >= 4 is 17.7 Å². The summed E-state index contributed by atoms with van der Waals surface area (Å²) in [5, 5.41) is 5.67. The lowest BCUT2D eigenvalue weighted by molar-refractivity contribution is -0.133. The van der Waals surface area contributed by atoms with Crippen LogP contribution in [0, 0.1) is 12.7 Å². The average Bonchev–Trinajstić information content (AvgIpc) is 3.28. The van der Waals surface area contributed by atoms with E-state index in [9.17, 15) is 18.8 Å². The number of nitrogens with zero attached hydrogens (tertiary/aromatic N) is 3. The molecular weight excluding hydrogens is 461 g/mol. The summed E-state index contributed by atoms with van der Waals surface area (Å²) in [5.74, 6) is -1.64. The van der Waals surface area contributed by atoms with Gasteiger partial charge in [-0.15, -0.1) is 0 Å². The summed E-state index contributed by atoms with van der Waals surface area (Å²) in [6, 6.07) is 13.8. The van der Waals surface area contributed by atoms with Crippen molar-refractivity contribution in [2.45, 2.75) is 52.4 Å². The van der Waals surface area contributed by atoms with Crippen molar-refractivity contribution < 1.29 is 18.8 Å². The number of aryl methyl sites for hydroxylation is 1. The Hall–Kier alpha value is -4.01. The van der Waals surface area contributed by atoms with Crippen LogP contribution in [0.4, 0.5) is 4.39 Å². The number of carbonyl (C=O) groups excluding carboxylic acids is 3. The molecule has 36 heavy (non-hydrogen) atoms. The number of hydrogen-bond acceptors (Lipinski definition) is 4. The average molecular weight is 492 g/mol. The van der Waals surface area contributed by atoms with E-state index < -0.39 is 23.2 Å². The van der Waals surface area contributed by atoms with Crippen LogP contribution in [0.1, 0.15) is 57.9 Å². The van der Waals surface area contributed by atoms with Crippen molar-refractivity contribution in [1.29, 1.82) is 0 Å². The zero-order valence-corrected chi connectivity index (χ0v) is 20.7. The molecule has 1 aliphatic heterocycles. The van der Waals surface area contributed by atoms with E-state index in [0.717, 1.165) is 11.1 Å². The van der Waals surface area contributed by atoms with Gasteiger partial charge < -0.3 is 20.1 Å². The maximum atomic E-state index is 13.6. The van der Waals surface area contributed by atoms with Crippen LogP contribution in [-0.4, -0.2) is 44.3 Å². The van der Waals surface area contributed by atoms with E-state index in [4.69, 9.17) is 0 Å². The van der Waals surface area contributed by atoms with E-state index in [2.05, 4.69) is 15.6 Å². The molecule has 1 aliphatic rings. The molecule has 0 bridgehead atoms. The lowest BCUT2D eigenvalue weighted by atomic mass is 9.93. The number of amides is 3. The second kappa shape index (κ2) is 10.3. The molecule has 0 fully saturated rings. The molecule has 2 aromatic carbocycles. The molecule has 1 atom stereocenters. The van der Waals surface area contributed by atoms with Gasteiger partial charge in [-0.2, -0.15) is 0 Å². The monoisotopic (exact) mass is 491 g/mol. The Balaban J connectivity index is 1.53. The van der Waals surface area contributed by atoms with E-state index in [1.54, 1.807) is 23.6 Å². The van der Waals surface area contributed by atoms with Gasteiger partial charge in [-0.05, 0) is 43.5 Å². The second-order valence-electron chi connectivity index (χ2n) is 9.28. The summed E-state index contributed by atoms with van der Waals surface area (Å²) < 4.78 is 15.0. The molecule has 2 N–H and O–H groups in total. The smallest absolute Gasteiger partial charge is 0.273 e. The van der Waals surface area contributed by atoms with E-state index in [1.165, 1.54) is 23.4 Å². The Labute approximate surface area is 209 Å². The van der Waals surface area contributed by atoms with Crippen LogP contribution in [0.5, 0.6) is 0 Å². The van der Waals surface area contributed by atoms with Crippen molar-refractivity contribution in [3.05, 3.63) is 88.8 Å². The highest BCUT2D eigenvalue weighted by atomic mass is 19.1. The second-order valence-corrected chi connectivity index (χ2v) is 9.28. The molecule has 0 aliphatic carbocycles. The lowest BCUT2D eigenvalue weighted by Gasteiger charge is -2.43. The number of nitrogens with one attached hydrogen (secondary N) is 2. The molecule has 8 nitrogen and oxygen atoms in total. The van der Waals surface area contributed by atoms with Crippen LogP contribution < -0.4 is 10.6 Å². The van der Waals surface area contributed by atoms with Crippen LogP contribution in [0.3, 0.4) is 0 Å². The lowest BCUT2D eigenvalue weighted by Crippen LogP contribution is -2.64. The first-order valence-corrected chi connectivity index (χ1v) is 12.0. The van der Waals surface area contributed by atoms with E-state index in [1.807, 2.05) is 38.1 Å². The molecule has 0 saturated heterocycles. The molecule has 188 valence electrons. The van der Waals surface area contributed by atoms with Crippen LogP contribution in [0.25, 0.3) is 0 Å². The number of fused-ring (bicyclic) bond motifs is 1. The highest BCUT2D eigenvalue weighted by Gasteiger charge is 2.48. The molecule has 2 heterocycles. The zero-order chi connectivity index (χ0) is 25.9. The van der Waals surface area contributed by atoms with Gasteiger partial charge >= 0.3 is 0 Å². The van der Waals surface area contributed by atoms with Crippen LogP contribution in [0.2, 0.25) is 0 Å². The molecule has 0 saturated carbocycles. The number of imidazole rings is 1. The van der Waals surface area contributed by atoms with Gasteiger partial charge in [0.2, 0.25) is 5.91 Å². The van der Waals surface area contributed by atoms with Gasteiger partial charge in [0.15, 0.2) is 5.69 Å². The predicted molar refractivity (Wildman–Crippen MR) is 133 cm³/mol. The Kier molecular flexibility index (Phi) is 7.19. The van der Waals surface area contributed by atoms with Gasteiger partial charge in [0, 0.05) is 19.6 Å². The van der Waals surface area contributed by atoms with Gasteiger partial charge in [0.05, 0.1) is 12.9 Å². The zero-order valence-electron chi connectivity index (χ0n) is 20.7. The topological polar surface area (TPSA) is 96.3 Å². The summed E-state index contributed by atoms with van der Waals surface area (Å²) in [4.78, 5) is 45.6. The van der Waals surface area contributed by atoms with Crippen molar-refractivity contribution in [3.63, 3.8) is 0 Å². The SMILES string of the molecule is CCCN1C(=O)c2c(C(=O)NCc3cccc(F)c3)ncn2CC1(C)C(=O)NCc1ccc(C)cc1. The van der Waals surface area contributed by atoms with Gasteiger partial charge in [0.25, 0.3) is 11.8 Å². The molecule has 3 amide bonds. The number of rotatable bonds is 8. The molecule has 9 heteroatoms. The summed E-state index contributed by atoms with van der Waals surface area (Å²) in [6.45, 7) is 6.61. The van der Waals surface area contributed by atoms with Crippen LogP contribution in [0.15, 0.2) is 54.9 Å². The number of carbonyl (C=O) groups is 3. The molecule has 1 unspecified atom stereocenters. The third-order valence-corrected chi connectivity index (χ3v) is 6.43. The number of aromatic nitrogens is 2. The van der Waals surface area contributed by atoms with Gasteiger partial charge in [-0.3, -0.25) is 14.4 Å². The molecular formula is C27H30FN5O3. The molecule has 1 aromatic heterocycles. The molecule has 4 rings (SSSR count). The summed E-state index contributed by atoms with van der Waals surface area (Å²) in [5.41, 5.74) is 1.66. The molecule has 3 aromatic rings.